The number of rotatable bonds is 3. The number of nitrogens with two attached hydrogens (primary N) is 1. The zero-order valence-electron chi connectivity index (χ0n) is 12.2. The molecule has 118 valence electrons. The third-order valence-corrected chi connectivity index (χ3v) is 4.56. The molecule has 0 unspecified atom stereocenters. The zero-order valence-corrected chi connectivity index (χ0v) is 13.7. The first kappa shape index (κ1) is 15.7. The summed E-state index contributed by atoms with van der Waals surface area (Å²) in [5.41, 5.74) is 2.74. The van der Waals surface area contributed by atoms with Crippen LogP contribution in [0.3, 0.4) is 0 Å². The van der Waals surface area contributed by atoms with Crippen LogP contribution in [0, 0.1) is 6.92 Å². The Labute approximate surface area is 138 Å². The van der Waals surface area contributed by atoms with E-state index in [1.165, 1.54) is 12.1 Å². The van der Waals surface area contributed by atoms with Crippen LogP contribution in [0.15, 0.2) is 57.9 Å². The van der Waals surface area contributed by atoms with Crippen LogP contribution in [-0.2, 0) is 10.0 Å². The van der Waals surface area contributed by atoms with E-state index in [0.717, 1.165) is 5.56 Å². The lowest BCUT2D eigenvalue weighted by molar-refractivity contribution is 0.400. The average Bonchev–Trinajstić information content (AvgIpc) is 2.88. The van der Waals surface area contributed by atoms with E-state index >= 15 is 0 Å². The summed E-state index contributed by atoms with van der Waals surface area (Å²) in [6, 6.07) is 13.6. The molecule has 2 aromatic carbocycles. The molecular weight excluding hydrogens is 336 g/mol. The topological polar surface area (TPSA) is 86.2 Å². The van der Waals surface area contributed by atoms with Gasteiger partial charge in [0.1, 0.15) is 11.5 Å². The number of benzene rings is 2. The van der Waals surface area contributed by atoms with E-state index in [1.54, 1.807) is 31.2 Å². The normalized spacial score (nSPS) is 11.6. The number of hydrogen-bond acceptors (Lipinski definition) is 4. The first-order valence-corrected chi connectivity index (χ1v) is 8.64. The highest BCUT2D eigenvalue weighted by Gasteiger charge is 2.18. The summed E-state index contributed by atoms with van der Waals surface area (Å²) in [7, 11) is -3.79. The summed E-state index contributed by atoms with van der Waals surface area (Å²) in [4.78, 5) is 0.0349. The van der Waals surface area contributed by atoms with Crippen LogP contribution in [0.1, 0.15) is 5.76 Å². The molecule has 0 spiro atoms. The van der Waals surface area contributed by atoms with Gasteiger partial charge in [-0.1, -0.05) is 41.0 Å². The van der Waals surface area contributed by atoms with E-state index < -0.39 is 10.0 Å². The smallest absolute Gasteiger partial charge is 0.238 e. The van der Waals surface area contributed by atoms with Gasteiger partial charge in [-0.3, -0.25) is 0 Å². The molecule has 1 aromatic heterocycles. The zero-order chi connectivity index (χ0) is 16.6. The van der Waals surface area contributed by atoms with Crippen molar-refractivity contribution in [1.82, 2.24) is 5.16 Å². The highest BCUT2D eigenvalue weighted by atomic mass is 35.5. The lowest BCUT2D eigenvalue weighted by Crippen LogP contribution is -2.11. The molecule has 0 fully saturated rings. The largest absolute Gasteiger partial charge is 0.360 e. The molecule has 1 heterocycles. The summed E-state index contributed by atoms with van der Waals surface area (Å²) in [5.74, 6) is 0.576. The van der Waals surface area contributed by atoms with Gasteiger partial charge in [-0.2, -0.15) is 0 Å². The van der Waals surface area contributed by atoms with Crippen LogP contribution in [0.4, 0.5) is 0 Å². The fourth-order valence-corrected chi connectivity index (χ4v) is 3.12. The number of halogens is 1. The maximum absolute atomic E-state index is 11.6. The van der Waals surface area contributed by atoms with Gasteiger partial charge in [-0.15, -0.1) is 0 Å². The lowest BCUT2D eigenvalue weighted by atomic mass is 9.99. The predicted octanol–water partition coefficient (Wildman–Crippen LogP) is 3.62. The number of sulfonamides is 1. The van der Waals surface area contributed by atoms with Crippen LogP contribution in [0.2, 0.25) is 5.02 Å². The van der Waals surface area contributed by atoms with Crippen LogP contribution in [0.25, 0.3) is 22.4 Å². The van der Waals surface area contributed by atoms with Gasteiger partial charge in [0.25, 0.3) is 0 Å². The van der Waals surface area contributed by atoms with Crippen LogP contribution >= 0.6 is 11.6 Å². The summed E-state index contributed by atoms with van der Waals surface area (Å²) in [5, 5.41) is 9.86. The molecule has 5 nitrogen and oxygen atoms in total. The second kappa shape index (κ2) is 5.81. The summed E-state index contributed by atoms with van der Waals surface area (Å²) >= 11 is 6.03. The molecular formula is C16H13ClN2O3S. The van der Waals surface area contributed by atoms with Gasteiger partial charge >= 0.3 is 0 Å². The molecule has 0 aliphatic heterocycles. The molecule has 23 heavy (non-hydrogen) atoms. The summed E-state index contributed by atoms with van der Waals surface area (Å²) in [6.45, 7) is 1.76. The Bertz CT molecular complexity index is 980. The highest BCUT2D eigenvalue weighted by Crippen LogP contribution is 2.35. The van der Waals surface area contributed by atoms with Crippen molar-refractivity contribution in [1.29, 1.82) is 0 Å². The number of primary sulfonamides is 1. The van der Waals surface area contributed by atoms with Gasteiger partial charge in [0, 0.05) is 10.6 Å². The third kappa shape index (κ3) is 3.14. The van der Waals surface area contributed by atoms with Gasteiger partial charge in [0.05, 0.1) is 10.5 Å². The third-order valence-electron chi connectivity index (χ3n) is 3.41. The Morgan fingerprint density at radius 3 is 2.48 bits per heavy atom. The standard InChI is InChI=1S/C16H13ClN2O3S/c1-10-15(11-4-3-7-14(9-11)23(18,20)21)16(19-22-10)12-5-2-6-13(17)8-12/h2-9H,1H3,(H2,18,20,21). The van der Waals surface area contributed by atoms with Crippen molar-refractivity contribution in [2.75, 3.05) is 0 Å². The van der Waals surface area contributed by atoms with Gasteiger partial charge in [0.15, 0.2) is 0 Å². The SMILES string of the molecule is Cc1onc(-c2cccc(Cl)c2)c1-c1cccc(S(N)(=O)=O)c1. The van der Waals surface area contributed by atoms with Gasteiger partial charge in [-0.25, -0.2) is 13.6 Å². The van der Waals surface area contributed by atoms with E-state index in [0.29, 0.717) is 27.6 Å². The molecule has 0 saturated carbocycles. The van der Waals surface area contributed by atoms with Crippen molar-refractivity contribution >= 4 is 21.6 Å². The minimum Gasteiger partial charge on any atom is -0.360 e. The molecule has 0 aliphatic rings. The second-order valence-electron chi connectivity index (χ2n) is 5.05. The number of hydrogen-bond donors (Lipinski definition) is 1. The Morgan fingerprint density at radius 1 is 1.09 bits per heavy atom. The van der Waals surface area contributed by atoms with Crippen molar-refractivity contribution in [2.45, 2.75) is 11.8 Å². The van der Waals surface area contributed by atoms with Crippen molar-refractivity contribution in [3.05, 3.63) is 59.3 Å². The average molecular weight is 349 g/mol. The summed E-state index contributed by atoms with van der Waals surface area (Å²) < 4.78 is 28.4. The maximum atomic E-state index is 11.6. The van der Waals surface area contributed by atoms with Crippen LogP contribution in [-0.4, -0.2) is 13.6 Å². The fraction of sp³-hybridized carbons (Fsp3) is 0.0625. The van der Waals surface area contributed by atoms with E-state index in [9.17, 15) is 8.42 Å². The predicted molar refractivity (Wildman–Crippen MR) is 88.5 cm³/mol. The minimum absolute atomic E-state index is 0.0349. The van der Waals surface area contributed by atoms with Crippen molar-refractivity contribution in [2.24, 2.45) is 5.14 Å². The number of nitrogens with zero attached hydrogens (tertiary/aromatic N) is 1. The minimum atomic E-state index is -3.79. The quantitative estimate of drug-likeness (QED) is 0.783. The molecule has 0 aliphatic carbocycles. The van der Waals surface area contributed by atoms with Crippen molar-refractivity contribution in [3.63, 3.8) is 0 Å². The van der Waals surface area contributed by atoms with Gasteiger partial charge < -0.3 is 4.52 Å². The Morgan fingerprint density at radius 2 is 1.78 bits per heavy atom. The molecule has 3 aromatic rings. The maximum Gasteiger partial charge on any atom is 0.238 e. The van der Waals surface area contributed by atoms with Gasteiger partial charge in [-0.05, 0) is 36.8 Å². The fourth-order valence-electron chi connectivity index (χ4n) is 2.37. The number of aromatic nitrogens is 1. The van der Waals surface area contributed by atoms with Crippen LogP contribution in [0.5, 0.6) is 0 Å². The molecule has 0 amide bonds. The summed E-state index contributed by atoms with van der Waals surface area (Å²) in [6.07, 6.45) is 0. The Kier molecular flexibility index (Phi) is 3.97. The molecule has 7 heteroatoms. The highest BCUT2D eigenvalue weighted by molar-refractivity contribution is 7.89. The van der Waals surface area contributed by atoms with Crippen LogP contribution < -0.4 is 5.14 Å². The molecule has 3 rings (SSSR count). The first-order chi connectivity index (χ1) is 10.9. The second-order valence-corrected chi connectivity index (χ2v) is 7.04. The van der Waals surface area contributed by atoms with Crippen molar-refractivity contribution < 1.29 is 12.9 Å². The number of aryl methyl sites for hydroxylation is 1. The molecule has 0 atom stereocenters. The molecule has 2 N–H and O–H groups in total. The monoisotopic (exact) mass is 348 g/mol. The van der Waals surface area contributed by atoms with E-state index in [2.05, 4.69) is 5.16 Å². The molecule has 0 radical (unpaired) electrons. The molecule has 0 bridgehead atoms. The van der Waals surface area contributed by atoms with E-state index in [1.807, 2.05) is 12.1 Å². The van der Waals surface area contributed by atoms with Crippen molar-refractivity contribution in [3.8, 4) is 22.4 Å². The lowest BCUT2D eigenvalue weighted by Gasteiger charge is -2.05. The Hall–Kier alpha value is -2.15. The first-order valence-electron chi connectivity index (χ1n) is 6.72. The van der Waals surface area contributed by atoms with E-state index in [4.69, 9.17) is 21.3 Å². The Balaban J connectivity index is 2.20. The van der Waals surface area contributed by atoms with Gasteiger partial charge in [0.2, 0.25) is 10.0 Å². The van der Waals surface area contributed by atoms with E-state index in [-0.39, 0.29) is 4.90 Å². The molecule has 0 saturated heterocycles.